The average molecular weight is 267 g/mol. The molecule has 0 aliphatic carbocycles. The predicted octanol–water partition coefficient (Wildman–Crippen LogP) is 1.60. The minimum Gasteiger partial charge on any atom is -0.507 e. The summed E-state index contributed by atoms with van der Waals surface area (Å²) in [5.74, 6) is -0.790. The molecule has 19 heavy (non-hydrogen) atoms. The first-order chi connectivity index (χ1) is 8.74. The van der Waals surface area contributed by atoms with E-state index in [0.717, 1.165) is 0 Å². The van der Waals surface area contributed by atoms with Crippen LogP contribution in [0.3, 0.4) is 0 Å². The van der Waals surface area contributed by atoms with Gasteiger partial charge in [-0.2, -0.15) is 0 Å². The molecule has 1 rings (SSSR count). The molecule has 1 unspecified atom stereocenters. The normalized spacial score (nSPS) is 13.1. The van der Waals surface area contributed by atoms with Gasteiger partial charge in [0.05, 0.1) is 13.2 Å². The minimum atomic E-state index is -0.761. The number of carbonyl (C=O) groups excluding carboxylic acids is 1. The van der Waals surface area contributed by atoms with Crippen molar-refractivity contribution in [2.24, 2.45) is 0 Å². The molecule has 0 saturated heterocycles. The first-order valence-corrected chi connectivity index (χ1v) is 6.09. The fourth-order valence-corrected chi connectivity index (χ4v) is 1.56. The fourth-order valence-electron chi connectivity index (χ4n) is 1.56. The minimum absolute atomic E-state index is 0.0507. The van der Waals surface area contributed by atoms with Crippen LogP contribution < -0.4 is 5.32 Å². The van der Waals surface area contributed by atoms with Gasteiger partial charge in [-0.05, 0) is 38.5 Å². The maximum atomic E-state index is 11.4. The molecule has 0 aliphatic rings. The number of nitrogens with one attached hydrogen (secondary N) is 1. The lowest BCUT2D eigenvalue weighted by atomic mass is 10.0. The summed E-state index contributed by atoms with van der Waals surface area (Å²) in [6, 6.07) is 4.40. The van der Waals surface area contributed by atoms with Gasteiger partial charge in [-0.3, -0.25) is 0 Å². The summed E-state index contributed by atoms with van der Waals surface area (Å²) in [5, 5.41) is 22.8. The molecular formula is C14H21NO4. The number of rotatable bonds is 4. The van der Waals surface area contributed by atoms with Crippen LogP contribution in [-0.2, 0) is 4.74 Å². The van der Waals surface area contributed by atoms with E-state index in [9.17, 15) is 15.0 Å². The quantitative estimate of drug-likeness (QED) is 0.722. The average Bonchev–Trinajstić information content (AvgIpc) is 2.34. The number of methoxy groups -OCH3 is 1. The Morgan fingerprint density at radius 1 is 1.42 bits per heavy atom. The lowest BCUT2D eigenvalue weighted by Gasteiger charge is -2.23. The largest absolute Gasteiger partial charge is 0.507 e. The lowest BCUT2D eigenvalue weighted by molar-refractivity contribution is 0.0597. The zero-order valence-electron chi connectivity index (χ0n) is 11.7. The van der Waals surface area contributed by atoms with E-state index in [-0.39, 0.29) is 16.9 Å². The summed E-state index contributed by atoms with van der Waals surface area (Å²) >= 11 is 0. The highest BCUT2D eigenvalue weighted by atomic mass is 16.5. The number of hydrogen-bond acceptors (Lipinski definition) is 5. The van der Waals surface area contributed by atoms with Crippen molar-refractivity contribution in [3.63, 3.8) is 0 Å². The second-order valence-corrected chi connectivity index (χ2v) is 5.41. The first-order valence-electron chi connectivity index (χ1n) is 6.09. The van der Waals surface area contributed by atoms with E-state index in [1.54, 1.807) is 6.07 Å². The van der Waals surface area contributed by atoms with Crippen molar-refractivity contribution >= 4 is 5.97 Å². The number of phenolic OH excluding ortho intramolecular Hbond substituents is 1. The number of phenols is 1. The third-order valence-electron chi connectivity index (χ3n) is 2.64. The molecule has 0 fully saturated rings. The Balaban J connectivity index is 2.86. The first kappa shape index (κ1) is 15.5. The molecule has 1 atom stereocenters. The molecule has 0 aromatic heterocycles. The molecule has 5 nitrogen and oxygen atoms in total. The number of ether oxygens (including phenoxy) is 1. The van der Waals surface area contributed by atoms with Crippen molar-refractivity contribution in [1.82, 2.24) is 5.32 Å². The van der Waals surface area contributed by atoms with Gasteiger partial charge in [0.15, 0.2) is 0 Å². The van der Waals surface area contributed by atoms with Gasteiger partial charge >= 0.3 is 5.97 Å². The van der Waals surface area contributed by atoms with Gasteiger partial charge in [0.2, 0.25) is 0 Å². The molecule has 0 bridgehead atoms. The highest BCUT2D eigenvalue weighted by molar-refractivity contribution is 5.92. The van der Waals surface area contributed by atoms with Gasteiger partial charge in [0.1, 0.15) is 11.3 Å². The Hall–Kier alpha value is -1.59. The molecule has 0 spiro atoms. The Bertz CT molecular complexity index is 451. The van der Waals surface area contributed by atoms with Crippen LogP contribution in [0.1, 0.15) is 42.8 Å². The number of esters is 1. The van der Waals surface area contributed by atoms with E-state index in [0.29, 0.717) is 12.1 Å². The van der Waals surface area contributed by atoms with Crippen LogP contribution in [0, 0.1) is 0 Å². The van der Waals surface area contributed by atoms with Gasteiger partial charge in [0.25, 0.3) is 0 Å². The van der Waals surface area contributed by atoms with Gasteiger partial charge in [0, 0.05) is 12.1 Å². The molecule has 0 aliphatic heterocycles. The Morgan fingerprint density at radius 3 is 2.58 bits per heavy atom. The smallest absolute Gasteiger partial charge is 0.341 e. The highest BCUT2D eigenvalue weighted by Gasteiger charge is 2.17. The second kappa shape index (κ2) is 6.04. The molecule has 1 aromatic rings. The number of benzene rings is 1. The fraction of sp³-hybridized carbons (Fsp3) is 0.500. The van der Waals surface area contributed by atoms with Crippen LogP contribution in [0.2, 0.25) is 0 Å². The SMILES string of the molecule is COC(=O)c1cc(C(O)CNC(C)(C)C)ccc1O. The summed E-state index contributed by atoms with van der Waals surface area (Å²) in [5.41, 5.74) is 0.494. The number of hydrogen-bond donors (Lipinski definition) is 3. The summed E-state index contributed by atoms with van der Waals surface area (Å²) in [6.07, 6.45) is -0.761. The second-order valence-electron chi connectivity index (χ2n) is 5.41. The summed E-state index contributed by atoms with van der Waals surface area (Å²) in [4.78, 5) is 11.4. The van der Waals surface area contributed by atoms with Crippen molar-refractivity contribution in [3.05, 3.63) is 29.3 Å². The third kappa shape index (κ3) is 4.54. The standard InChI is InChI=1S/C14H21NO4/c1-14(2,3)15-8-12(17)9-5-6-11(16)10(7-9)13(18)19-4/h5-7,12,15-17H,8H2,1-4H3. The maximum absolute atomic E-state index is 11.4. The number of carbonyl (C=O) groups is 1. The van der Waals surface area contributed by atoms with E-state index in [1.807, 2.05) is 20.8 Å². The Labute approximate surface area is 113 Å². The molecule has 0 saturated carbocycles. The summed E-state index contributed by atoms with van der Waals surface area (Å²) in [7, 11) is 1.24. The Kier molecular flexibility index (Phi) is 4.91. The number of aromatic hydroxyl groups is 1. The van der Waals surface area contributed by atoms with Crippen LogP contribution in [0.15, 0.2) is 18.2 Å². The van der Waals surface area contributed by atoms with E-state index in [2.05, 4.69) is 10.1 Å². The lowest BCUT2D eigenvalue weighted by Crippen LogP contribution is -2.38. The van der Waals surface area contributed by atoms with Crippen molar-refractivity contribution in [3.8, 4) is 5.75 Å². The predicted molar refractivity (Wildman–Crippen MR) is 72.2 cm³/mol. The Morgan fingerprint density at radius 2 is 2.05 bits per heavy atom. The highest BCUT2D eigenvalue weighted by Crippen LogP contribution is 2.23. The van der Waals surface area contributed by atoms with E-state index < -0.39 is 12.1 Å². The number of aliphatic hydroxyl groups excluding tert-OH is 1. The van der Waals surface area contributed by atoms with Crippen LogP contribution >= 0.6 is 0 Å². The van der Waals surface area contributed by atoms with E-state index in [4.69, 9.17) is 0 Å². The van der Waals surface area contributed by atoms with Crippen LogP contribution in [-0.4, -0.2) is 35.4 Å². The number of β-amino-alcohol motifs (C(OH)–C–C–N with tert-alkyl or cyclic N) is 1. The molecule has 1 aromatic carbocycles. The molecule has 3 N–H and O–H groups in total. The maximum Gasteiger partial charge on any atom is 0.341 e. The van der Waals surface area contributed by atoms with Gasteiger partial charge in [-0.15, -0.1) is 0 Å². The van der Waals surface area contributed by atoms with Crippen molar-refractivity contribution < 1.29 is 19.7 Å². The van der Waals surface area contributed by atoms with Gasteiger partial charge in [-0.25, -0.2) is 4.79 Å². The van der Waals surface area contributed by atoms with Crippen molar-refractivity contribution in [1.29, 1.82) is 0 Å². The van der Waals surface area contributed by atoms with Crippen LogP contribution in [0.25, 0.3) is 0 Å². The van der Waals surface area contributed by atoms with Gasteiger partial charge < -0.3 is 20.3 Å². The molecular weight excluding hydrogens is 246 g/mol. The third-order valence-corrected chi connectivity index (χ3v) is 2.64. The van der Waals surface area contributed by atoms with Crippen LogP contribution in [0.5, 0.6) is 5.75 Å². The molecule has 5 heteroatoms. The zero-order valence-corrected chi connectivity index (χ0v) is 11.7. The van der Waals surface area contributed by atoms with Crippen molar-refractivity contribution in [2.75, 3.05) is 13.7 Å². The number of aliphatic hydroxyl groups is 1. The van der Waals surface area contributed by atoms with Crippen LogP contribution in [0.4, 0.5) is 0 Å². The summed E-state index contributed by atoms with van der Waals surface area (Å²) in [6.45, 7) is 6.35. The van der Waals surface area contributed by atoms with Crippen molar-refractivity contribution in [2.45, 2.75) is 32.4 Å². The van der Waals surface area contributed by atoms with E-state index >= 15 is 0 Å². The van der Waals surface area contributed by atoms with E-state index in [1.165, 1.54) is 19.2 Å². The van der Waals surface area contributed by atoms with Gasteiger partial charge in [-0.1, -0.05) is 6.07 Å². The monoisotopic (exact) mass is 267 g/mol. The molecule has 0 amide bonds. The molecule has 0 heterocycles. The molecule has 106 valence electrons. The molecule has 0 radical (unpaired) electrons. The zero-order chi connectivity index (χ0) is 14.6. The summed E-state index contributed by atoms with van der Waals surface area (Å²) < 4.78 is 4.57. The topological polar surface area (TPSA) is 78.8 Å².